The van der Waals surface area contributed by atoms with Gasteiger partial charge in [0, 0.05) is 24.1 Å². The second kappa shape index (κ2) is 5.52. The van der Waals surface area contributed by atoms with Crippen LogP contribution in [-0.4, -0.2) is 29.7 Å². The molecule has 0 fully saturated rings. The molecule has 1 aromatic rings. The van der Waals surface area contributed by atoms with Crippen molar-refractivity contribution in [3.05, 3.63) is 11.4 Å². The number of nitrogens with zero attached hydrogens (tertiary/aromatic N) is 2. The van der Waals surface area contributed by atoms with Gasteiger partial charge in [0.15, 0.2) is 0 Å². The molecule has 0 bridgehead atoms. The summed E-state index contributed by atoms with van der Waals surface area (Å²) in [6.07, 6.45) is 0. The summed E-state index contributed by atoms with van der Waals surface area (Å²) in [5, 5.41) is 3.31. The number of nitrogens with two attached hydrogens (primary N) is 1. The maximum atomic E-state index is 5.95. The van der Waals surface area contributed by atoms with Gasteiger partial charge in [-0.15, -0.1) is 0 Å². The second-order valence-corrected chi connectivity index (χ2v) is 5.66. The van der Waals surface area contributed by atoms with Gasteiger partial charge < -0.3 is 15.8 Å². The van der Waals surface area contributed by atoms with Gasteiger partial charge in [0.2, 0.25) is 0 Å². The van der Waals surface area contributed by atoms with E-state index in [4.69, 9.17) is 10.5 Å². The zero-order valence-corrected chi connectivity index (χ0v) is 12.2. The lowest BCUT2D eigenvalue weighted by Crippen LogP contribution is -2.25. The van der Waals surface area contributed by atoms with Crippen LogP contribution in [0.25, 0.3) is 0 Å². The van der Waals surface area contributed by atoms with Gasteiger partial charge in [-0.05, 0) is 13.8 Å². The van der Waals surface area contributed by atoms with Crippen molar-refractivity contribution in [2.45, 2.75) is 46.1 Å². The largest absolute Gasteiger partial charge is 0.383 e. The van der Waals surface area contributed by atoms with Gasteiger partial charge in [-0.3, -0.25) is 0 Å². The molecule has 5 heteroatoms. The summed E-state index contributed by atoms with van der Waals surface area (Å²) >= 11 is 0. The smallest absolute Gasteiger partial charge is 0.138 e. The van der Waals surface area contributed by atoms with Crippen molar-refractivity contribution >= 4 is 11.6 Å². The number of nitrogens with one attached hydrogen (secondary N) is 1. The summed E-state index contributed by atoms with van der Waals surface area (Å²) in [4.78, 5) is 8.92. The van der Waals surface area contributed by atoms with E-state index in [1.54, 1.807) is 7.11 Å². The fraction of sp³-hybridized carbons (Fsp3) is 0.692. The molecule has 1 aromatic heterocycles. The van der Waals surface area contributed by atoms with E-state index in [0.29, 0.717) is 12.4 Å². The summed E-state index contributed by atoms with van der Waals surface area (Å²) in [5.74, 6) is 2.07. The van der Waals surface area contributed by atoms with Crippen LogP contribution in [0.1, 0.15) is 39.1 Å². The molecule has 1 rings (SSSR count). The van der Waals surface area contributed by atoms with Crippen LogP contribution in [0, 0.1) is 6.92 Å². The molecular weight excluding hydrogens is 228 g/mol. The Hall–Kier alpha value is -1.36. The van der Waals surface area contributed by atoms with Gasteiger partial charge in [0.1, 0.15) is 17.5 Å². The van der Waals surface area contributed by atoms with E-state index in [1.165, 1.54) is 0 Å². The summed E-state index contributed by atoms with van der Waals surface area (Å²) in [5.41, 5.74) is 6.70. The van der Waals surface area contributed by atoms with Crippen molar-refractivity contribution in [1.29, 1.82) is 0 Å². The molecule has 5 nitrogen and oxygen atoms in total. The Bertz CT molecular complexity index is 412. The molecule has 0 radical (unpaired) electrons. The van der Waals surface area contributed by atoms with Crippen LogP contribution in [0.4, 0.5) is 11.6 Å². The normalized spacial score (nSPS) is 13.4. The van der Waals surface area contributed by atoms with Crippen LogP contribution in [-0.2, 0) is 10.2 Å². The zero-order chi connectivity index (χ0) is 13.9. The minimum absolute atomic E-state index is 0.122. The molecule has 0 saturated carbocycles. The quantitative estimate of drug-likeness (QED) is 0.858. The zero-order valence-electron chi connectivity index (χ0n) is 12.2. The predicted molar refractivity (Wildman–Crippen MR) is 74.8 cm³/mol. The Morgan fingerprint density at radius 3 is 2.44 bits per heavy atom. The molecular formula is C13H24N4O. The Balaban J connectivity index is 3.07. The third-order valence-electron chi connectivity index (χ3n) is 2.65. The lowest BCUT2D eigenvalue weighted by Gasteiger charge is -2.21. The standard InChI is InChI=1S/C13H24N4O/c1-8(7-18-6)15-11-9(2)10(14)16-12(17-11)13(3,4)5/h8H,7H2,1-6H3,(H3,14,15,16,17). The maximum absolute atomic E-state index is 5.95. The number of ether oxygens (including phenoxy) is 1. The van der Waals surface area contributed by atoms with Crippen molar-refractivity contribution in [2.75, 3.05) is 24.8 Å². The van der Waals surface area contributed by atoms with Gasteiger partial charge in [-0.2, -0.15) is 0 Å². The highest BCUT2D eigenvalue weighted by Crippen LogP contribution is 2.24. The fourth-order valence-corrected chi connectivity index (χ4v) is 1.54. The van der Waals surface area contributed by atoms with Crippen LogP contribution < -0.4 is 11.1 Å². The van der Waals surface area contributed by atoms with Crippen molar-refractivity contribution < 1.29 is 4.74 Å². The molecule has 18 heavy (non-hydrogen) atoms. The van der Waals surface area contributed by atoms with Gasteiger partial charge in [-0.1, -0.05) is 20.8 Å². The van der Waals surface area contributed by atoms with E-state index in [9.17, 15) is 0 Å². The maximum Gasteiger partial charge on any atom is 0.138 e. The highest BCUT2D eigenvalue weighted by Gasteiger charge is 2.20. The Morgan fingerprint density at radius 2 is 1.94 bits per heavy atom. The Kier molecular flexibility index (Phi) is 4.51. The molecule has 1 unspecified atom stereocenters. The average molecular weight is 252 g/mol. The van der Waals surface area contributed by atoms with Gasteiger partial charge in [0.25, 0.3) is 0 Å². The number of hydrogen-bond acceptors (Lipinski definition) is 5. The fourth-order valence-electron chi connectivity index (χ4n) is 1.54. The first-order valence-corrected chi connectivity index (χ1v) is 6.15. The van der Waals surface area contributed by atoms with Crippen LogP contribution in [0.5, 0.6) is 0 Å². The minimum atomic E-state index is -0.122. The molecule has 3 N–H and O–H groups in total. The molecule has 0 saturated heterocycles. The molecule has 0 aliphatic heterocycles. The van der Waals surface area contributed by atoms with E-state index in [2.05, 4.69) is 36.1 Å². The van der Waals surface area contributed by atoms with Gasteiger partial charge in [0.05, 0.1) is 6.61 Å². The van der Waals surface area contributed by atoms with Crippen LogP contribution >= 0.6 is 0 Å². The van der Waals surface area contributed by atoms with E-state index in [1.807, 2.05) is 13.8 Å². The first-order valence-electron chi connectivity index (χ1n) is 6.15. The lowest BCUT2D eigenvalue weighted by molar-refractivity contribution is 0.190. The molecule has 0 aliphatic carbocycles. The Morgan fingerprint density at radius 1 is 1.33 bits per heavy atom. The summed E-state index contributed by atoms with van der Waals surface area (Å²) in [6.45, 7) is 10.8. The third-order valence-corrected chi connectivity index (χ3v) is 2.65. The molecule has 0 spiro atoms. The Labute approximate surface area is 109 Å². The average Bonchev–Trinajstić information content (AvgIpc) is 2.23. The summed E-state index contributed by atoms with van der Waals surface area (Å²) in [7, 11) is 1.68. The minimum Gasteiger partial charge on any atom is -0.383 e. The molecule has 0 aliphatic rings. The van der Waals surface area contributed by atoms with Crippen molar-refractivity contribution in [3.63, 3.8) is 0 Å². The van der Waals surface area contributed by atoms with Crippen LogP contribution in [0.2, 0.25) is 0 Å². The molecule has 102 valence electrons. The third kappa shape index (κ3) is 3.57. The van der Waals surface area contributed by atoms with Crippen molar-refractivity contribution in [2.24, 2.45) is 0 Å². The first-order chi connectivity index (χ1) is 8.25. The number of anilines is 2. The topological polar surface area (TPSA) is 73.1 Å². The molecule has 0 aromatic carbocycles. The lowest BCUT2D eigenvalue weighted by atomic mass is 9.95. The molecule has 1 heterocycles. The molecule has 0 amide bonds. The highest BCUT2D eigenvalue weighted by molar-refractivity contribution is 5.55. The van der Waals surface area contributed by atoms with Crippen molar-refractivity contribution in [3.8, 4) is 0 Å². The van der Waals surface area contributed by atoms with Crippen LogP contribution in [0.3, 0.4) is 0 Å². The highest BCUT2D eigenvalue weighted by atomic mass is 16.5. The number of rotatable bonds is 4. The van der Waals surface area contributed by atoms with E-state index >= 15 is 0 Å². The number of hydrogen-bond donors (Lipinski definition) is 2. The number of aromatic nitrogens is 2. The van der Waals surface area contributed by atoms with E-state index in [0.717, 1.165) is 17.2 Å². The summed E-state index contributed by atoms with van der Waals surface area (Å²) < 4.78 is 5.11. The monoisotopic (exact) mass is 252 g/mol. The van der Waals surface area contributed by atoms with Crippen LogP contribution in [0.15, 0.2) is 0 Å². The van der Waals surface area contributed by atoms with E-state index in [-0.39, 0.29) is 11.5 Å². The van der Waals surface area contributed by atoms with E-state index < -0.39 is 0 Å². The predicted octanol–water partition coefficient (Wildman–Crippen LogP) is 2.11. The molecule has 1 atom stereocenters. The van der Waals surface area contributed by atoms with Crippen molar-refractivity contribution in [1.82, 2.24) is 9.97 Å². The van der Waals surface area contributed by atoms with Gasteiger partial charge in [-0.25, -0.2) is 9.97 Å². The summed E-state index contributed by atoms with van der Waals surface area (Å²) in [6, 6.07) is 0.177. The number of methoxy groups -OCH3 is 1. The second-order valence-electron chi connectivity index (χ2n) is 5.66. The first kappa shape index (κ1) is 14.7. The van der Waals surface area contributed by atoms with Gasteiger partial charge >= 0.3 is 0 Å². The SMILES string of the molecule is COCC(C)Nc1nc(C(C)(C)C)nc(N)c1C. The number of nitrogen functional groups attached to an aromatic ring is 1.